The number of nitrogens with zero attached hydrogens (tertiary/aromatic N) is 2. The van der Waals surface area contributed by atoms with Gasteiger partial charge in [-0.15, -0.1) is 12.4 Å². The molecule has 0 unspecified atom stereocenters. The van der Waals surface area contributed by atoms with Gasteiger partial charge in [-0.1, -0.05) is 24.2 Å². The van der Waals surface area contributed by atoms with E-state index in [2.05, 4.69) is 10.1 Å². The van der Waals surface area contributed by atoms with E-state index >= 15 is 0 Å². The molecule has 1 heterocycles. The van der Waals surface area contributed by atoms with E-state index in [0.29, 0.717) is 17.5 Å². The molecule has 0 amide bonds. The smallest absolute Gasteiger partial charge is 0.243 e. The second-order valence-electron chi connectivity index (χ2n) is 3.67. The number of halogens is 1. The number of methoxy groups -OCH3 is 1. The molecule has 1 aromatic heterocycles. The molecule has 98 valence electrons. The summed E-state index contributed by atoms with van der Waals surface area (Å²) in [6, 6.07) is 7.30. The van der Waals surface area contributed by atoms with Gasteiger partial charge in [0.1, 0.15) is 5.75 Å². The molecule has 0 aliphatic heterocycles. The van der Waals surface area contributed by atoms with Crippen molar-refractivity contribution in [2.24, 2.45) is 5.73 Å². The van der Waals surface area contributed by atoms with Crippen molar-refractivity contribution < 1.29 is 9.26 Å². The van der Waals surface area contributed by atoms with Crippen molar-refractivity contribution in [3.8, 4) is 17.1 Å². The minimum Gasteiger partial charge on any atom is -0.496 e. The van der Waals surface area contributed by atoms with Crippen molar-refractivity contribution in [2.45, 2.75) is 19.4 Å². The van der Waals surface area contributed by atoms with Gasteiger partial charge in [0.05, 0.1) is 18.7 Å². The Bertz CT molecular complexity index is 502. The lowest BCUT2D eigenvalue weighted by molar-refractivity contribution is 0.352. The van der Waals surface area contributed by atoms with Crippen LogP contribution in [0.2, 0.25) is 0 Å². The highest BCUT2D eigenvalue weighted by Gasteiger charge is 2.16. The number of benzene rings is 1. The van der Waals surface area contributed by atoms with Crippen LogP contribution in [0.5, 0.6) is 5.75 Å². The molecular formula is C12H16ClN3O2. The second kappa shape index (κ2) is 6.37. The van der Waals surface area contributed by atoms with E-state index < -0.39 is 0 Å². The van der Waals surface area contributed by atoms with Crippen LogP contribution in [0.3, 0.4) is 0 Å². The summed E-state index contributed by atoms with van der Waals surface area (Å²) < 4.78 is 10.4. The molecule has 0 aliphatic carbocycles. The largest absolute Gasteiger partial charge is 0.496 e. The van der Waals surface area contributed by atoms with E-state index in [1.807, 2.05) is 31.2 Å². The maximum absolute atomic E-state index is 5.83. The summed E-state index contributed by atoms with van der Waals surface area (Å²) in [7, 11) is 1.61. The van der Waals surface area contributed by atoms with Gasteiger partial charge in [-0.2, -0.15) is 4.98 Å². The fourth-order valence-corrected chi connectivity index (χ4v) is 1.50. The summed E-state index contributed by atoms with van der Waals surface area (Å²) in [5.41, 5.74) is 6.63. The van der Waals surface area contributed by atoms with Crippen LogP contribution in [-0.2, 0) is 0 Å². The third-order valence-electron chi connectivity index (χ3n) is 2.55. The van der Waals surface area contributed by atoms with Gasteiger partial charge in [-0.05, 0) is 18.6 Å². The molecule has 2 N–H and O–H groups in total. The lowest BCUT2D eigenvalue weighted by Gasteiger charge is -2.03. The topological polar surface area (TPSA) is 74.2 Å². The van der Waals surface area contributed by atoms with Crippen LogP contribution in [0.25, 0.3) is 11.4 Å². The molecule has 1 atom stereocenters. The predicted octanol–water partition coefficient (Wildman–Crippen LogP) is 2.58. The standard InChI is InChI=1S/C12H15N3O2.ClH/c1-3-9(13)12-14-11(15-17-12)8-6-4-5-7-10(8)16-2;/h4-7,9H,3,13H2,1-2H3;1H/t9-;/m0./s1. The summed E-state index contributed by atoms with van der Waals surface area (Å²) in [5, 5.41) is 3.92. The summed E-state index contributed by atoms with van der Waals surface area (Å²) in [6.07, 6.45) is 0.757. The number of hydrogen-bond donors (Lipinski definition) is 1. The molecule has 5 nitrogen and oxygen atoms in total. The van der Waals surface area contributed by atoms with Gasteiger partial charge in [0.15, 0.2) is 0 Å². The summed E-state index contributed by atoms with van der Waals surface area (Å²) in [6.45, 7) is 1.97. The molecular weight excluding hydrogens is 254 g/mol. The van der Waals surface area contributed by atoms with E-state index in [1.54, 1.807) is 7.11 Å². The van der Waals surface area contributed by atoms with Crippen LogP contribution in [0.15, 0.2) is 28.8 Å². The first-order chi connectivity index (χ1) is 8.26. The van der Waals surface area contributed by atoms with Crippen molar-refractivity contribution in [2.75, 3.05) is 7.11 Å². The van der Waals surface area contributed by atoms with E-state index in [4.69, 9.17) is 15.0 Å². The Kier molecular flexibility index (Phi) is 5.12. The van der Waals surface area contributed by atoms with E-state index in [0.717, 1.165) is 12.0 Å². The van der Waals surface area contributed by atoms with Crippen molar-refractivity contribution in [3.63, 3.8) is 0 Å². The van der Waals surface area contributed by atoms with E-state index in [1.165, 1.54) is 0 Å². The molecule has 18 heavy (non-hydrogen) atoms. The zero-order valence-electron chi connectivity index (χ0n) is 10.3. The molecule has 0 aliphatic rings. The van der Waals surface area contributed by atoms with Crippen molar-refractivity contribution in [1.82, 2.24) is 10.1 Å². The monoisotopic (exact) mass is 269 g/mol. The average molecular weight is 270 g/mol. The SMILES string of the molecule is CC[C@H](N)c1nc(-c2ccccc2OC)no1.Cl. The minimum atomic E-state index is -0.217. The number of para-hydroxylation sites is 1. The van der Waals surface area contributed by atoms with Gasteiger partial charge in [-0.25, -0.2) is 0 Å². The first-order valence-electron chi connectivity index (χ1n) is 5.48. The highest BCUT2D eigenvalue weighted by atomic mass is 35.5. The Morgan fingerprint density at radius 3 is 2.78 bits per heavy atom. The molecule has 0 saturated carbocycles. The minimum absolute atomic E-state index is 0. The van der Waals surface area contributed by atoms with Crippen LogP contribution in [0.1, 0.15) is 25.3 Å². The molecule has 0 spiro atoms. The molecule has 0 bridgehead atoms. The van der Waals surface area contributed by atoms with Gasteiger partial charge < -0.3 is 15.0 Å². The first-order valence-corrected chi connectivity index (χ1v) is 5.48. The second-order valence-corrected chi connectivity index (χ2v) is 3.67. The number of hydrogen-bond acceptors (Lipinski definition) is 5. The molecule has 2 rings (SSSR count). The van der Waals surface area contributed by atoms with Crippen LogP contribution in [0, 0.1) is 0 Å². The number of nitrogens with two attached hydrogens (primary N) is 1. The van der Waals surface area contributed by atoms with Crippen LogP contribution in [0.4, 0.5) is 0 Å². The van der Waals surface area contributed by atoms with Crippen LogP contribution in [-0.4, -0.2) is 17.3 Å². The first kappa shape index (κ1) is 14.5. The van der Waals surface area contributed by atoms with Gasteiger partial charge in [0, 0.05) is 0 Å². The Balaban J connectivity index is 0.00000162. The Morgan fingerprint density at radius 1 is 1.39 bits per heavy atom. The third kappa shape index (κ3) is 2.80. The Hall–Kier alpha value is -1.59. The average Bonchev–Trinajstić information content (AvgIpc) is 2.87. The lowest BCUT2D eigenvalue weighted by Crippen LogP contribution is -2.08. The van der Waals surface area contributed by atoms with Gasteiger partial charge >= 0.3 is 0 Å². The van der Waals surface area contributed by atoms with Crippen LogP contribution >= 0.6 is 12.4 Å². The fraction of sp³-hybridized carbons (Fsp3) is 0.333. The summed E-state index contributed by atoms with van der Waals surface area (Å²) in [4.78, 5) is 4.28. The van der Waals surface area contributed by atoms with E-state index in [-0.39, 0.29) is 18.4 Å². The van der Waals surface area contributed by atoms with Crippen LogP contribution < -0.4 is 10.5 Å². The normalized spacial score (nSPS) is 11.7. The quantitative estimate of drug-likeness (QED) is 0.923. The molecule has 0 saturated heterocycles. The molecule has 6 heteroatoms. The van der Waals surface area contributed by atoms with Crippen molar-refractivity contribution >= 4 is 12.4 Å². The Morgan fingerprint density at radius 2 is 2.11 bits per heavy atom. The highest BCUT2D eigenvalue weighted by Crippen LogP contribution is 2.27. The van der Waals surface area contributed by atoms with E-state index in [9.17, 15) is 0 Å². The lowest BCUT2D eigenvalue weighted by atomic mass is 10.2. The summed E-state index contributed by atoms with van der Waals surface area (Å²) >= 11 is 0. The molecule has 0 radical (unpaired) electrons. The fourth-order valence-electron chi connectivity index (χ4n) is 1.50. The highest BCUT2D eigenvalue weighted by molar-refractivity contribution is 5.85. The van der Waals surface area contributed by atoms with Gasteiger partial charge in [-0.3, -0.25) is 0 Å². The third-order valence-corrected chi connectivity index (χ3v) is 2.55. The molecule has 0 fully saturated rings. The molecule has 1 aromatic carbocycles. The van der Waals surface area contributed by atoms with Gasteiger partial charge in [0.2, 0.25) is 11.7 Å². The van der Waals surface area contributed by atoms with Crippen molar-refractivity contribution in [1.29, 1.82) is 0 Å². The zero-order chi connectivity index (χ0) is 12.3. The number of rotatable bonds is 4. The zero-order valence-corrected chi connectivity index (χ0v) is 11.1. The number of aromatic nitrogens is 2. The summed E-state index contributed by atoms with van der Waals surface area (Å²) in [5.74, 6) is 1.67. The van der Waals surface area contributed by atoms with Gasteiger partial charge in [0.25, 0.3) is 0 Å². The predicted molar refractivity (Wildman–Crippen MR) is 70.8 cm³/mol. The maximum Gasteiger partial charge on any atom is 0.243 e. The molecule has 2 aromatic rings. The van der Waals surface area contributed by atoms with Crippen molar-refractivity contribution in [3.05, 3.63) is 30.2 Å². The number of ether oxygens (including phenoxy) is 1. The Labute approximate surface area is 112 Å². The maximum atomic E-state index is 5.83.